The quantitative estimate of drug-likeness (QED) is 0.506. The van der Waals surface area contributed by atoms with Crippen molar-refractivity contribution in [3.8, 4) is 0 Å². The summed E-state index contributed by atoms with van der Waals surface area (Å²) in [6.45, 7) is 0. The predicted molar refractivity (Wildman–Crippen MR) is 40.5 cm³/mol. The molecule has 0 spiro atoms. The fraction of sp³-hybridized carbons (Fsp3) is 0. The molecule has 0 aromatic heterocycles. The molecule has 0 aliphatic carbocycles. The average Bonchev–Trinajstić information content (AvgIpc) is 2.05. The first-order valence-electron chi connectivity index (χ1n) is 3.15. The van der Waals surface area contributed by atoms with Crippen molar-refractivity contribution in [2.75, 3.05) is 0 Å². The van der Waals surface area contributed by atoms with Gasteiger partial charge in [0.15, 0.2) is 0 Å². The Morgan fingerprint density at radius 3 is 3.10 bits per heavy atom. The molecule has 0 N–H and O–H groups in total. The van der Waals surface area contributed by atoms with Gasteiger partial charge >= 0.3 is 0 Å². The second-order valence-electron chi connectivity index (χ2n) is 2.10. The van der Waals surface area contributed by atoms with Gasteiger partial charge in [0.1, 0.15) is 0 Å². The highest BCUT2D eigenvalue weighted by Gasteiger charge is 1.86. The molecule has 0 aliphatic rings. The van der Waals surface area contributed by atoms with Gasteiger partial charge in [0.25, 0.3) is 0 Å². The van der Waals surface area contributed by atoms with E-state index in [1.807, 2.05) is 24.3 Å². The van der Waals surface area contributed by atoms with Crippen molar-refractivity contribution in [2.45, 2.75) is 0 Å². The van der Waals surface area contributed by atoms with Gasteiger partial charge in [-0.3, -0.25) is 0 Å². The number of fused-ring (bicyclic) bond motifs is 1. The Morgan fingerprint density at radius 2 is 2.20 bits per heavy atom. The molecule has 0 fully saturated rings. The first-order chi connectivity index (χ1) is 4.97. The standard InChI is InChI=1S/C10H5/c1-2-6-10-8-4-3-7-9(10)5-1/h1-3,6,8H. The number of hydrogen-bond donors (Lipinski definition) is 0. The maximum Gasteiger partial charge on any atom is -0.00259 e. The molecular formula is C10H5. The second-order valence-corrected chi connectivity index (χ2v) is 2.10. The van der Waals surface area contributed by atoms with Gasteiger partial charge in [-0.15, -0.1) is 0 Å². The lowest BCUT2D eigenvalue weighted by Gasteiger charge is -1.90. The molecule has 0 heteroatoms. The van der Waals surface area contributed by atoms with Gasteiger partial charge in [-0.05, 0) is 41.1 Å². The van der Waals surface area contributed by atoms with Gasteiger partial charge in [0.2, 0.25) is 0 Å². The summed E-state index contributed by atoms with van der Waals surface area (Å²) in [7, 11) is 0. The molecule has 45 valence electrons. The molecule has 10 heavy (non-hydrogen) atoms. The van der Waals surface area contributed by atoms with Crippen LogP contribution in [0, 0.1) is 18.2 Å². The van der Waals surface area contributed by atoms with E-state index in [-0.39, 0.29) is 0 Å². The summed E-state index contributed by atoms with van der Waals surface area (Å²) >= 11 is 0. The molecule has 0 unspecified atom stereocenters. The van der Waals surface area contributed by atoms with E-state index >= 15 is 0 Å². The summed E-state index contributed by atoms with van der Waals surface area (Å²) in [5, 5.41) is 2.17. The normalized spacial score (nSPS) is 10.0. The van der Waals surface area contributed by atoms with E-state index in [2.05, 4.69) is 18.2 Å². The topological polar surface area (TPSA) is 0 Å². The largest absolute Gasteiger partial charge is 0.0610 e. The van der Waals surface area contributed by atoms with Crippen LogP contribution in [0.25, 0.3) is 10.8 Å². The van der Waals surface area contributed by atoms with E-state index in [4.69, 9.17) is 0 Å². The molecule has 0 nitrogen and oxygen atoms in total. The summed E-state index contributed by atoms with van der Waals surface area (Å²) in [6, 6.07) is 18.7. The van der Waals surface area contributed by atoms with Gasteiger partial charge in [-0.25, -0.2) is 0 Å². The Kier molecular flexibility index (Phi) is 1.17. The van der Waals surface area contributed by atoms with Crippen LogP contribution in [-0.2, 0) is 0 Å². The maximum absolute atomic E-state index is 3.08. The highest BCUT2D eigenvalue weighted by atomic mass is 13.9. The molecule has 2 rings (SSSR count). The molecule has 0 heterocycles. The Morgan fingerprint density at radius 1 is 1.20 bits per heavy atom. The zero-order chi connectivity index (χ0) is 6.81. The third-order valence-corrected chi connectivity index (χ3v) is 1.43. The van der Waals surface area contributed by atoms with Crippen molar-refractivity contribution in [2.24, 2.45) is 0 Å². The highest BCUT2D eigenvalue weighted by Crippen LogP contribution is 2.09. The SMILES string of the molecule is [c]1c[c]c2[c]cccc2c1. The first kappa shape index (κ1) is 5.48. The molecule has 0 saturated heterocycles. The average molecular weight is 125 g/mol. The van der Waals surface area contributed by atoms with E-state index in [1.54, 1.807) is 6.07 Å². The molecule has 0 saturated carbocycles. The van der Waals surface area contributed by atoms with Crippen molar-refractivity contribution in [1.82, 2.24) is 0 Å². The molecule has 2 aromatic rings. The minimum absolute atomic E-state index is 1.03. The van der Waals surface area contributed by atoms with Crippen LogP contribution in [0.4, 0.5) is 0 Å². The first-order valence-corrected chi connectivity index (χ1v) is 3.15. The molecule has 0 aliphatic heterocycles. The maximum atomic E-state index is 3.08. The third-order valence-electron chi connectivity index (χ3n) is 1.43. The van der Waals surface area contributed by atoms with Gasteiger partial charge in [0, 0.05) is 0 Å². The highest BCUT2D eigenvalue weighted by molar-refractivity contribution is 5.80. The monoisotopic (exact) mass is 125 g/mol. The Balaban J connectivity index is 2.89. The predicted octanol–water partition coefficient (Wildman–Crippen LogP) is 2.24. The van der Waals surface area contributed by atoms with E-state index in [0.29, 0.717) is 0 Å². The molecule has 0 atom stereocenters. The fourth-order valence-electron chi connectivity index (χ4n) is 0.940. The van der Waals surface area contributed by atoms with Crippen LogP contribution >= 0.6 is 0 Å². The number of hydrogen-bond acceptors (Lipinski definition) is 0. The smallest absolute Gasteiger partial charge is 0.00259 e. The minimum atomic E-state index is 1.03. The van der Waals surface area contributed by atoms with Crippen molar-refractivity contribution in [3.63, 3.8) is 0 Å². The summed E-state index contributed by atoms with van der Waals surface area (Å²) in [4.78, 5) is 0. The number of rotatable bonds is 0. The molecule has 0 bridgehead atoms. The lowest BCUT2D eigenvalue weighted by Crippen LogP contribution is -1.69. The molecule has 0 amide bonds. The van der Waals surface area contributed by atoms with Crippen molar-refractivity contribution in [1.29, 1.82) is 0 Å². The molecule has 3 radical (unpaired) electrons. The Bertz CT molecular complexity index is 271. The van der Waals surface area contributed by atoms with E-state index in [9.17, 15) is 0 Å². The Labute approximate surface area is 60.1 Å². The van der Waals surface area contributed by atoms with E-state index in [0.717, 1.165) is 10.8 Å². The van der Waals surface area contributed by atoms with Crippen LogP contribution in [0.15, 0.2) is 30.3 Å². The zero-order valence-electron chi connectivity index (χ0n) is 5.39. The van der Waals surface area contributed by atoms with Crippen molar-refractivity contribution >= 4 is 10.8 Å². The second kappa shape index (κ2) is 2.14. The lowest BCUT2D eigenvalue weighted by molar-refractivity contribution is 1.72. The van der Waals surface area contributed by atoms with Crippen LogP contribution in [0.5, 0.6) is 0 Å². The molecular weight excluding hydrogens is 120 g/mol. The van der Waals surface area contributed by atoms with Crippen molar-refractivity contribution < 1.29 is 0 Å². The fourth-order valence-corrected chi connectivity index (χ4v) is 0.940. The van der Waals surface area contributed by atoms with Crippen LogP contribution < -0.4 is 0 Å². The van der Waals surface area contributed by atoms with Crippen LogP contribution in [-0.4, -0.2) is 0 Å². The summed E-state index contributed by atoms with van der Waals surface area (Å²) < 4.78 is 0. The van der Waals surface area contributed by atoms with Gasteiger partial charge in [0.05, 0.1) is 0 Å². The van der Waals surface area contributed by atoms with Crippen LogP contribution in [0.2, 0.25) is 0 Å². The van der Waals surface area contributed by atoms with E-state index in [1.165, 1.54) is 0 Å². The minimum Gasteiger partial charge on any atom is -0.0610 e. The summed E-state index contributed by atoms with van der Waals surface area (Å²) in [5.41, 5.74) is 0. The molecule has 2 aromatic carbocycles. The van der Waals surface area contributed by atoms with Gasteiger partial charge < -0.3 is 0 Å². The third kappa shape index (κ3) is 0.781. The lowest BCUT2D eigenvalue weighted by atomic mass is 10.1. The van der Waals surface area contributed by atoms with Crippen LogP contribution in [0.1, 0.15) is 0 Å². The zero-order valence-corrected chi connectivity index (χ0v) is 5.39. The Hall–Kier alpha value is -1.30. The van der Waals surface area contributed by atoms with Gasteiger partial charge in [-0.2, -0.15) is 0 Å². The van der Waals surface area contributed by atoms with Crippen molar-refractivity contribution in [3.05, 3.63) is 48.5 Å². The summed E-state index contributed by atoms with van der Waals surface area (Å²) in [5.74, 6) is 0. The summed E-state index contributed by atoms with van der Waals surface area (Å²) in [6.07, 6.45) is 0. The van der Waals surface area contributed by atoms with E-state index < -0.39 is 0 Å². The van der Waals surface area contributed by atoms with Gasteiger partial charge in [-0.1, -0.05) is 18.2 Å². The van der Waals surface area contributed by atoms with Crippen LogP contribution in [0.3, 0.4) is 0 Å². The number of benzene rings is 2.